The van der Waals surface area contributed by atoms with Crippen LogP contribution in [0.1, 0.15) is 11.8 Å². The number of hydrogen-bond acceptors (Lipinski definition) is 4. The maximum Gasteiger partial charge on any atom is 0.110 e. The molecule has 0 saturated carbocycles. The van der Waals surface area contributed by atoms with Gasteiger partial charge in [0, 0.05) is 5.75 Å². The van der Waals surface area contributed by atoms with Crippen molar-refractivity contribution in [3.8, 4) is 0 Å². The van der Waals surface area contributed by atoms with Gasteiger partial charge in [0.2, 0.25) is 0 Å². The van der Waals surface area contributed by atoms with Gasteiger partial charge in [-0.05, 0) is 18.4 Å². The molecule has 1 unspecified atom stereocenters. The lowest BCUT2D eigenvalue weighted by molar-refractivity contribution is 0.866. The van der Waals surface area contributed by atoms with Crippen molar-refractivity contribution < 1.29 is 0 Å². The molecule has 0 spiro atoms. The van der Waals surface area contributed by atoms with E-state index in [0.29, 0.717) is 6.04 Å². The summed E-state index contributed by atoms with van der Waals surface area (Å²) in [5.74, 6) is 1.09. The van der Waals surface area contributed by atoms with Crippen LogP contribution in [0.5, 0.6) is 0 Å². The van der Waals surface area contributed by atoms with Crippen LogP contribution in [0.3, 0.4) is 0 Å². The number of nitrogen functional groups attached to an aromatic ring is 1. The van der Waals surface area contributed by atoms with Crippen LogP contribution in [-0.4, -0.2) is 16.8 Å². The van der Waals surface area contributed by atoms with Gasteiger partial charge in [0.1, 0.15) is 5.04 Å². The van der Waals surface area contributed by atoms with Gasteiger partial charge < -0.3 is 5.73 Å². The highest BCUT2D eigenvalue weighted by atomic mass is 32.2. The van der Waals surface area contributed by atoms with Gasteiger partial charge in [-0.1, -0.05) is 0 Å². The summed E-state index contributed by atoms with van der Waals surface area (Å²) >= 11 is 3.47. The van der Waals surface area contributed by atoms with E-state index in [1.807, 2.05) is 11.4 Å². The summed E-state index contributed by atoms with van der Waals surface area (Å²) in [4.78, 5) is 5.64. The van der Waals surface area contributed by atoms with Gasteiger partial charge in [0.05, 0.1) is 16.6 Å². The molecule has 1 aliphatic heterocycles. The molecule has 0 aliphatic carbocycles. The van der Waals surface area contributed by atoms with Crippen LogP contribution in [0.4, 0.5) is 5.69 Å². The summed E-state index contributed by atoms with van der Waals surface area (Å²) in [6, 6.07) is 2.39. The molecule has 2 N–H and O–H groups in total. The number of thiophene rings is 1. The van der Waals surface area contributed by atoms with Crippen LogP contribution in [0.2, 0.25) is 0 Å². The Labute approximate surface area is 79.9 Å². The number of rotatable bonds is 1. The summed E-state index contributed by atoms with van der Waals surface area (Å²) in [5.41, 5.74) is 6.64. The quantitative estimate of drug-likeness (QED) is 0.751. The number of nitrogens with zero attached hydrogens (tertiary/aromatic N) is 1. The maximum absolute atomic E-state index is 5.78. The Morgan fingerprint density at radius 3 is 3.00 bits per heavy atom. The van der Waals surface area contributed by atoms with E-state index >= 15 is 0 Å². The molecule has 2 rings (SSSR count). The summed E-state index contributed by atoms with van der Waals surface area (Å²) < 4.78 is 0. The van der Waals surface area contributed by atoms with Crippen molar-refractivity contribution in [1.29, 1.82) is 0 Å². The molecule has 2 heterocycles. The molecule has 0 bridgehead atoms. The first kappa shape index (κ1) is 8.13. The fraction of sp³-hybridized carbons (Fsp3) is 0.375. The average molecular weight is 198 g/mol. The summed E-state index contributed by atoms with van der Waals surface area (Å²) in [6.07, 6.45) is 0. The molecule has 0 saturated heterocycles. The molecule has 0 amide bonds. The lowest BCUT2D eigenvalue weighted by Crippen LogP contribution is -1.94. The molecule has 64 valence electrons. The molecule has 1 aliphatic rings. The van der Waals surface area contributed by atoms with E-state index in [0.717, 1.165) is 21.4 Å². The highest BCUT2D eigenvalue weighted by Crippen LogP contribution is 2.29. The van der Waals surface area contributed by atoms with Gasteiger partial charge in [-0.15, -0.1) is 23.1 Å². The molecule has 2 nitrogen and oxygen atoms in total. The van der Waals surface area contributed by atoms with Crippen LogP contribution in [0, 0.1) is 0 Å². The Kier molecular flexibility index (Phi) is 2.11. The predicted molar refractivity (Wildman–Crippen MR) is 57.2 cm³/mol. The normalized spacial score (nSPS) is 22.8. The monoisotopic (exact) mass is 198 g/mol. The number of nitrogens with two attached hydrogens (primary N) is 1. The maximum atomic E-state index is 5.78. The predicted octanol–water partition coefficient (Wildman–Crippen LogP) is 2.21. The van der Waals surface area contributed by atoms with Gasteiger partial charge >= 0.3 is 0 Å². The van der Waals surface area contributed by atoms with Gasteiger partial charge in [-0.2, -0.15) is 0 Å². The van der Waals surface area contributed by atoms with E-state index in [-0.39, 0.29) is 0 Å². The van der Waals surface area contributed by atoms with E-state index in [4.69, 9.17) is 5.73 Å². The van der Waals surface area contributed by atoms with Crippen molar-refractivity contribution in [3.05, 3.63) is 16.3 Å². The van der Waals surface area contributed by atoms with E-state index in [2.05, 4.69) is 11.9 Å². The Hall–Kier alpha value is -0.480. The molecule has 0 fully saturated rings. The van der Waals surface area contributed by atoms with Crippen LogP contribution >= 0.6 is 23.1 Å². The molecular weight excluding hydrogens is 188 g/mol. The van der Waals surface area contributed by atoms with E-state index in [1.165, 1.54) is 0 Å². The molecule has 1 aromatic heterocycles. The highest BCUT2D eigenvalue weighted by Gasteiger charge is 2.17. The summed E-state index contributed by atoms with van der Waals surface area (Å²) in [5, 5.41) is 3.13. The van der Waals surface area contributed by atoms with Gasteiger partial charge in [-0.3, -0.25) is 4.99 Å². The lowest BCUT2D eigenvalue weighted by atomic mass is 10.4. The topological polar surface area (TPSA) is 38.4 Å². The number of aliphatic imine (C=N–C) groups is 1. The Morgan fingerprint density at radius 2 is 2.50 bits per heavy atom. The first-order chi connectivity index (χ1) is 5.77. The van der Waals surface area contributed by atoms with Gasteiger partial charge in [0.15, 0.2) is 0 Å². The molecule has 4 heteroatoms. The largest absolute Gasteiger partial charge is 0.397 e. The van der Waals surface area contributed by atoms with Crippen LogP contribution < -0.4 is 5.73 Å². The van der Waals surface area contributed by atoms with Gasteiger partial charge in [0.25, 0.3) is 0 Å². The second kappa shape index (κ2) is 3.11. The fourth-order valence-corrected chi connectivity index (χ4v) is 3.10. The number of anilines is 1. The molecular formula is C8H10N2S2. The second-order valence-corrected chi connectivity index (χ2v) is 4.72. The number of hydrogen-bond donors (Lipinski definition) is 1. The molecule has 12 heavy (non-hydrogen) atoms. The second-order valence-electron chi connectivity index (χ2n) is 2.80. The number of thioether (sulfide) groups is 1. The highest BCUT2D eigenvalue weighted by molar-refractivity contribution is 8.15. The zero-order chi connectivity index (χ0) is 8.55. The van der Waals surface area contributed by atoms with Crippen molar-refractivity contribution in [3.63, 3.8) is 0 Å². The third-order valence-corrected chi connectivity index (χ3v) is 3.99. The summed E-state index contributed by atoms with van der Waals surface area (Å²) in [7, 11) is 0. The van der Waals surface area contributed by atoms with Crippen molar-refractivity contribution in [2.75, 3.05) is 11.5 Å². The summed E-state index contributed by atoms with van der Waals surface area (Å²) in [6.45, 7) is 2.13. The van der Waals surface area contributed by atoms with E-state index < -0.39 is 0 Å². The van der Waals surface area contributed by atoms with Crippen LogP contribution in [-0.2, 0) is 0 Å². The zero-order valence-corrected chi connectivity index (χ0v) is 8.41. The first-order valence-electron chi connectivity index (χ1n) is 3.81. The van der Waals surface area contributed by atoms with Gasteiger partial charge in [-0.25, -0.2) is 0 Å². The smallest absolute Gasteiger partial charge is 0.110 e. The van der Waals surface area contributed by atoms with Crippen molar-refractivity contribution in [1.82, 2.24) is 0 Å². The van der Waals surface area contributed by atoms with Crippen molar-refractivity contribution >= 4 is 33.8 Å². The third-order valence-electron chi connectivity index (χ3n) is 1.69. The van der Waals surface area contributed by atoms with Crippen molar-refractivity contribution in [2.24, 2.45) is 4.99 Å². The first-order valence-corrected chi connectivity index (χ1v) is 5.68. The minimum absolute atomic E-state index is 0.450. The molecule has 0 radical (unpaired) electrons. The van der Waals surface area contributed by atoms with Crippen LogP contribution in [0.25, 0.3) is 0 Å². The Bertz CT molecular complexity index is 317. The SMILES string of the molecule is CC1CSC(c2sccc2N)=N1. The molecule has 0 aromatic carbocycles. The molecule has 1 aromatic rings. The Morgan fingerprint density at radius 1 is 1.67 bits per heavy atom. The lowest BCUT2D eigenvalue weighted by Gasteiger charge is -1.95. The van der Waals surface area contributed by atoms with Crippen molar-refractivity contribution in [2.45, 2.75) is 13.0 Å². The Balaban J connectivity index is 2.32. The van der Waals surface area contributed by atoms with Crippen LogP contribution in [0.15, 0.2) is 16.4 Å². The average Bonchev–Trinajstić information content (AvgIpc) is 2.58. The van der Waals surface area contributed by atoms with E-state index in [9.17, 15) is 0 Å². The standard InChI is InChI=1S/C8H10N2S2/c1-5-4-12-8(10-5)7-6(9)2-3-11-7/h2-3,5H,4,9H2,1H3. The third kappa shape index (κ3) is 1.36. The van der Waals surface area contributed by atoms with E-state index in [1.54, 1.807) is 23.1 Å². The molecule has 1 atom stereocenters. The minimum atomic E-state index is 0.450. The minimum Gasteiger partial charge on any atom is -0.397 e. The zero-order valence-electron chi connectivity index (χ0n) is 6.78. The fourth-order valence-electron chi connectivity index (χ4n) is 1.09.